The maximum Gasteiger partial charge on any atom is 0.323 e. The molecule has 2 amide bonds. The molecule has 88 valence electrons. The summed E-state index contributed by atoms with van der Waals surface area (Å²) < 4.78 is 0. The van der Waals surface area contributed by atoms with Crippen LogP contribution in [0.15, 0.2) is 0 Å². The summed E-state index contributed by atoms with van der Waals surface area (Å²) in [6, 6.07) is 0.387. The number of hydrogen-bond acceptors (Lipinski definition) is 2. The molecular weight excluding hydrogens is 202 g/mol. The number of rotatable bonds is 1. The Morgan fingerprint density at radius 2 is 1.94 bits per heavy atom. The normalized spacial score (nSPS) is 39.3. The third-order valence-corrected chi connectivity index (χ3v) is 4.39. The monoisotopic (exact) mass is 221 g/mol. The molecule has 0 unspecified atom stereocenters. The van der Waals surface area contributed by atoms with Crippen molar-refractivity contribution in [3.05, 3.63) is 0 Å². The Morgan fingerprint density at radius 3 is 2.50 bits per heavy atom. The molecule has 1 heterocycles. The highest BCUT2D eigenvalue weighted by Gasteiger charge is 2.55. The molecule has 3 aliphatic rings. The van der Waals surface area contributed by atoms with Gasteiger partial charge in [-0.3, -0.25) is 10.7 Å². The molecule has 0 bridgehead atoms. The fourth-order valence-corrected chi connectivity index (χ4v) is 3.18. The molecule has 16 heavy (non-hydrogen) atoms. The second-order valence-corrected chi connectivity index (χ2v) is 5.62. The van der Waals surface area contributed by atoms with Gasteiger partial charge in [0, 0.05) is 6.04 Å². The third-order valence-electron chi connectivity index (χ3n) is 4.39. The summed E-state index contributed by atoms with van der Waals surface area (Å²) in [6.07, 6.45) is 6.47. The van der Waals surface area contributed by atoms with Gasteiger partial charge in [-0.05, 0) is 44.4 Å². The van der Waals surface area contributed by atoms with Crippen LogP contribution in [0.4, 0.5) is 4.79 Å². The minimum atomic E-state index is -0.259. The van der Waals surface area contributed by atoms with Gasteiger partial charge < -0.3 is 4.90 Å². The first kappa shape index (κ1) is 10.1. The standard InChI is InChI=1S/C12H19N3O/c1-8-4-6-12(7-5-8)10(13)14-11(16)15(12)9-2-3-9/h8-9H,2-7H2,1H3,(H2,13,14,16). The van der Waals surface area contributed by atoms with Crippen molar-refractivity contribution < 1.29 is 4.79 Å². The average molecular weight is 221 g/mol. The summed E-state index contributed by atoms with van der Waals surface area (Å²) >= 11 is 0. The largest absolute Gasteiger partial charge is 0.323 e. The smallest absolute Gasteiger partial charge is 0.309 e. The van der Waals surface area contributed by atoms with Crippen molar-refractivity contribution in [1.29, 1.82) is 5.41 Å². The van der Waals surface area contributed by atoms with Crippen LogP contribution in [-0.2, 0) is 0 Å². The molecule has 2 N–H and O–H groups in total. The van der Waals surface area contributed by atoms with E-state index in [-0.39, 0.29) is 11.6 Å². The Hall–Kier alpha value is -1.06. The second-order valence-electron chi connectivity index (χ2n) is 5.62. The maximum atomic E-state index is 11.9. The molecule has 1 saturated heterocycles. The quantitative estimate of drug-likeness (QED) is 0.700. The molecule has 0 aromatic heterocycles. The minimum absolute atomic E-state index is 0.0259. The molecule has 3 rings (SSSR count). The van der Waals surface area contributed by atoms with Crippen molar-refractivity contribution in [1.82, 2.24) is 10.2 Å². The van der Waals surface area contributed by atoms with Gasteiger partial charge in [-0.1, -0.05) is 6.92 Å². The van der Waals surface area contributed by atoms with Crippen LogP contribution >= 0.6 is 0 Å². The van der Waals surface area contributed by atoms with Crippen LogP contribution in [-0.4, -0.2) is 28.3 Å². The predicted molar refractivity (Wildman–Crippen MR) is 61.5 cm³/mol. The lowest BCUT2D eigenvalue weighted by atomic mass is 9.76. The van der Waals surface area contributed by atoms with Crippen molar-refractivity contribution in [3.63, 3.8) is 0 Å². The van der Waals surface area contributed by atoms with E-state index in [0.29, 0.717) is 11.9 Å². The molecule has 0 aromatic carbocycles. The van der Waals surface area contributed by atoms with Crippen LogP contribution in [0.3, 0.4) is 0 Å². The number of carbonyl (C=O) groups is 1. The van der Waals surface area contributed by atoms with E-state index in [2.05, 4.69) is 12.2 Å². The van der Waals surface area contributed by atoms with Crippen LogP contribution in [0.25, 0.3) is 0 Å². The minimum Gasteiger partial charge on any atom is -0.309 e. The Balaban J connectivity index is 1.90. The lowest BCUT2D eigenvalue weighted by Gasteiger charge is -2.41. The number of amidine groups is 1. The topological polar surface area (TPSA) is 56.2 Å². The van der Waals surface area contributed by atoms with Crippen molar-refractivity contribution in [2.45, 2.75) is 57.0 Å². The van der Waals surface area contributed by atoms with Gasteiger partial charge in [0.15, 0.2) is 0 Å². The summed E-state index contributed by atoms with van der Waals surface area (Å²) in [5, 5.41) is 10.8. The van der Waals surface area contributed by atoms with E-state index in [1.165, 1.54) is 0 Å². The number of amides is 2. The zero-order valence-electron chi connectivity index (χ0n) is 9.75. The van der Waals surface area contributed by atoms with Crippen molar-refractivity contribution in [3.8, 4) is 0 Å². The first-order valence-electron chi connectivity index (χ1n) is 6.33. The van der Waals surface area contributed by atoms with Crippen LogP contribution in [0, 0.1) is 11.3 Å². The Labute approximate surface area is 95.9 Å². The first-order valence-corrected chi connectivity index (χ1v) is 6.33. The van der Waals surface area contributed by atoms with Gasteiger partial charge in [-0.25, -0.2) is 4.79 Å². The number of urea groups is 1. The van der Waals surface area contributed by atoms with E-state index >= 15 is 0 Å². The molecule has 0 radical (unpaired) electrons. The SMILES string of the molecule is CC1CCC2(CC1)C(=N)NC(=O)N2C1CC1. The fourth-order valence-electron chi connectivity index (χ4n) is 3.18. The van der Waals surface area contributed by atoms with Gasteiger partial charge in [-0.2, -0.15) is 0 Å². The van der Waals surface area contributed by atoms with Gasteiger partial charge in [0.1, 0.15) is 11.4 Å². The molecule has 2 saturated carbocycles. The molecule has 0 aromatic rings. The Morgan fingerprint density at radius 1 is 1.31 bits per heavy atom. The van der Waals surface area contributed by atoms with Gasteiger partial charge >= 0.3 is 6.03 Å². The van der Waals surface area contributed by atoms with E-state index in [1.54, 1.807) is 0 Å². The molecule has 0 atom stereocenters. The molecule has 1 aliphatic heterocycles. The Kier molecular flexibility index (Phi) is 2.03. The summed E-state index contributed by atoms with van der Waals surface area (Å²) in [4.78, 5) is 13.9. The van der Waals surface area contributed by atoms with Gasteiger partial charge in [-0.15, -0.1) is 0 Å². The highest BCUT2D eigenvalue weighted by atomic mass is 16.2. The average Bonchev–Trinajstić information content (AvgIpc) is 3.02. The van der Waals surface area contributed by atoms with Crippen LogP contribution in [0.5, 0.6) is 0 Å². The van der Waals surface area contributed by atoms with Gasteiger partial charge in [0.05, 0.1) is 0 Å². The predicted octanol–water partition coefficient (Wildman–Crippen LogP) is 2.10. The van der Waals surface area contributed by atoms with E-state index in [4.69, 9.17) is 5.41 Å². The lowest BCUT2D eigenvalue weighted by molar-refractivity contribution is 0.126. The molecule has 3 fully saturated rings. The summed E-state index contributed by atoms with van der Waals surface area (Å²) in [6.45, 7) is 2.27. The van der Waals surface area contributed by atoms with Crippen molar-refractivity contribution in [2.24, 2.45) is 5.92 Å². The lowest BCUT2D eigenvalue weighted by Crippen LogP contribution is -2.52. The maximum absolute atomic E-state index is 11.9. The molecule has 1 spiro atoms. The molecule has 4 nitrogen and oxygen atoms in total. The highest BCUT2D eigenvalue weighted by molar-refractivity contribution is 6.08. The molecule has 4 heteroatoms. The van der Waals surface area contributed by atoms with E-state index in [0.717, 1.165) is 44.4 Å². The van der Waals surface area contributed by atoms with Crippen LogP contribution < -0.4 is 5.32 Å². The second kappa shape index (κ2) is 3.22. The molecular formula is C12H19N3O. The van der Waals surface area contributed by atoms with Crippen LogP contribution in [0.2, 0.25) is 0 Å². The summed E-state index contributed by atoms with van der Waals surface area (Å²) in [5.41, 5.74) is -0.259. The van der Waals surface area contributed by atoms with E-state index < -0.39 is 0 Å². The Bertz CT molecular complexity index is 340. The van der Waals surface area contributed by atoms with E-state index in [9.17, 15) is 4.79 Å². The summed E-state index contributed by atoms with van der Waals surface area (Å²) in [5.74, 6) is 1.20. The number of nitrogens with zero attached hydrogens (tertiary/aromatic N) is 1. The fraction of sp³-hybridized carbons (Fsp3) is 0.833. The zero-order chi connectivity index (χ0) is 11.3. The number of carbonyl (C=O) groups excluding carboxylic acids is 1. The van der Waals surface area contributed by atoms with E-state index in [1.807, 2.05) is 4.90 Å². The molecule has 2 aliphatic carbocycles. The zero-order valence-corrected chi connectivity index (χ0v) is 9.75. The number of nitrogens with one attached hydrogen (secondary N) is 2. The van der Waals surface area contributed by atoms with Crippen LogP contribution in [0.1, 0.15) is 45.4 Å². The highest BCUT2D eigenvalue weighted by Crippen LogP contribution is 2.44. The van der Waals surface area contributed by atoms with Gasteiger partial charge in [0.2, 0.25) is 0 Å². The summed E-state index contributed by atoms with van der Waals surface area (Å²) in [7, 11) is 0. The van der Waals surface area contributed by atoms with Crippen molar-refractivity contribution >= 4 is 11.9 Å². The van der Waals surface area contributed by atoms with Gasteiger partial charge in [0.25, 0.3) is 0 Å². The first-order chi connectivity index (χ1) is 7.63. The number of hydrogen-bond donors (Lipinski definition) is 2. The van der Waals surface area contributed by atoms with Crippen molar-refractivity contribution in [2.75, 3.05) is 0 Å². The third kappa shape index (κ3) is 1.28.